The molecule has 4 nitrogen and oxygen atoms in total. The SMILES string of the molecule is NC(Cc1ccc(SCl)c(SCl)[c]1[Sn]([CH]1CCCCC1)([CH]1CCCCC1)[CH]1CCCCC1)=NO.O. The minimum absolute atomic E-state index is 0. The number of amidine groups is 1. The van der Waals surface area contributed by atoms with Crippen LogP contribution in [-0.2, 0) is 6.42 Å². The number of nitrogens with zero attached hydrogens (tertiary/aromatic N) is 1. The summed E-state index contributed by atoms with van der Waals surface area (Å²) in [5, 5.41) is 12.9. The van der Waals surface area contributed by atoms with Gasteiger partial charge in [-0.3, -0.25) is 0 Å². The molecule has 0 amide bonds. The molecule has 5 N–H and O–H groups in total. The van der Waals surface area contributed by atoms with Gasteiger partial charge in [-0.1, -0.05) is 0 Å². The monoisotopic (exact) mass is 668 g/mol. The van der Waals surface area contributed by atoms with E-state index in [4.69, 9.17) is 27.1 Å². The summed E-state index contributed by atoms with van der Waals surface area (Å²) in [5.74, 6) is 0.300. The van der Waals surface area contributed by atoms with Gasteiger partial charge in [0.2, 0.25) is 0 Å². The van der Waals surface area contributed by atoms with E-state index in [1.54, 1.807) is 3.58 Å². The van der Waals surface area contributed by atoms with Crippen molar-refractivity contribution in [3.63, 3.8) is 0 Å². The summed E-state index contributed by atoms with van der Waals surface area (Å²) in [7, 11) is 15.9. The largest absolute Gasteiger partial charge is 0.412 e. The van der Waals surface area contributed by atoms with E-state index < -0.39 is 18.4 Å². The van der Waals surface area contributed by atoms with Gasteiger partial charge in [0.1, 0.15) is 0 Å². The molecular formula is C26H42Cl2N2O2S2Sn. The van der Waals surface area contributed by atoms with Crippen LogP contribution in [-0.4, -0.2) is 34.9 Å². The predicted molar refractivity (Wildman–Crippen MR) is 156 cm³/mol. The van der Waals surface area contributed by atoms with Crippen LogP contribution < -0.4 is 9.31 Å². The van der Waals surface area contributed by atoms with Crippen molar-refractivity contribution < 1.29 is 10.7 Å². The Hall–Kier alpha value is 0.529. The minimum Gasteiger partial charge on any atom is -0.412 e. The summed E-state index contributed by atoms with van der Waals surface area (Å²) in [5.41, 5.74) is 7.45. The van der Waals surface area contributed by atoms with E-state index in [0.717, 1.165) is 16.7 Å². The fraction of sp³-hybridized carbons (Fsp3) is 0.731. The van der Waals surface area contributed by atoms with Crippen molar-refractivity contribution in [1.29, 1.82) is 0 Å². The third kappa shape index (κ3) is 6.40. The Balaban J connectivity index is 0.00000342. The van der Waals surface area contributed by atoms with E-state index in [9.17, 15) is 5.21 Å². The third-order valence-electron chi connectivity index (χ3n) is 9.14. The molecule has 0 spiro atoms. The molecule has 0 atom stereocenters. The van der Waals surface area contributed by atoms with Crippen LogP contribution in [0.2, 0.25) is 11.8 Å². The maximum atomic E-state index is 9.49. The maximum absolute atomic E-state index is 9.49. The number of benzene rings is 1. The van der Waals surface area contributed by atoms with E-state index in [1.165, 1.54) is 129 Å². The topological polar surface area (TPSA) is 90.1 Å². The molecule has 3 aliphatic carbocycles. The van der Waals surface area contributed by atoms with Gasteiger partial charge in [0, 0.05) is 0 Å². The smallest absolute Gasteiger partial charge is 0.412 e. The second kappa shape index (κ2) is 14.6. The Morgan fingerprint density at radius 2 is 1.29 bits per heavy atom. The Kier molecular flexibility index (Phi) is 12.6. The van der Waals surface area contributed by atoms with Crippen LogP contribution in [0.15, 0.2) is 27.1 Å². The molecule has 3 aliphatic rings. The van der Waals surface area contributed by atoms with Crippen molar-refractivity contribution in [2.24, 2.45) is 10.9 Å². The molecular weight excluding hydrogens is 626 g/mol. The van der Waals surface area contributed by atoms with Gasteiger partial charge in [-0.05, 0) is 0 Å². The van der Waals surface area contributed by atoms with Crippen LogP contribution in [0.4, 0.5) is 0 Å². The molecule has 3 saturated carbocycles. The van der Waals surface area contributed by atoms with E-state index in [1.807, 2.05) is 0 Å². The van der Waals surface area contributed by atoms with Crippen LogP contribution >= 0.6 is 43.3 Å². The van der Waals surface area contributed by atoms with Gasteiger partial charge >= 0.3 is 229 Å². The minimum atomic E-state index is -3.18. The molecule has 0 saturated heterocycles. The second-order valence-electron chi connectivity index (χ2n) is 10.8. The summed E-state index contributed by atoms with van der Waals surface area (Å²) in [6.07, 6.45) is 21.4. The van der Waals surface area contributed by atoms with Gasteiger partial charge in [-0.25, -0.2) is 0 Å². The van der Waals surface area contributed by atoms with Crippen molar-refractivity contribution in [2.45, 2.75) is 124 Å². The normalized spacial score (nSPS) is 21.6. The molecule has 0 bridgehead atoms. The number of nitrogens with two attached hydrogens (primary N) is 1. The van der Waals surface area contributed by atoms with Crippen molar-refractivity contribution >= 4 is 71.1 Å². The van der Waals surface area contributed by atoms with Crippen LogP contribution in [0.5, 0.6) is 0 Å². The first kappa shape index (κ1) is 30.1. The summed E-state index contributed by atoms with van der Waals surface area (Å²) in [6, 6.07) is 4.36. The summed E-state index contributed by atoms with van der Waals surface area (Å²) >= 11 is -3.18. The molecule has 0 radical (unpaired) electrons. The molecule has 0 heterocycles. The average Bonchev–Trinajstić information content (AvgIpc) is 2.91. The molecule has 0 aromatic heterocycles. The van der Waals surface area contributed by atoms with E-state index >= 15 is 0 Å². The fourth-order valence-corrected chi connectivity index (χ4v) is 36.9. The van der Waals surface area contributed by atoms with Crippen LogP contribution in [0.3, 0.4) is 0 Å². The van der Waals surface area contributed by atoms with Gasteiger partial charge in [0.25, 0.3) is 0 Å². The first-order chi connectivity index (χ1) is 16.7. The summed E-state index contributed by atoms with van der Waals surface area (Å²) in [6.45, 7) is 0. The third-order valence-corrected chi connectivity index (χ3v) is 32.4. The first-order valence-electron chi connectivity index (χ1n) is 13.4. The number of oxime groups is 1. The Morgan fingerprint density at radius 1 is 0.829 bits per heavy atom. The quantitative estimate of drug-likeness (QED) is 0.0960. The van der Waals surface area contributed by atoms with Crippen LogP contribution in [0.25, 0.3) is 0 Å². The maximum Gasteiger partial charge on any atom is -0.412 e. The molecule has 4 rings (SSSR count). The molecule has 9 heteroatoms. The Labute approximate surface area is 233 Å². The molecule has 35 heavy (non-hydrogen) atoms. The first-order valence-corrected chi connectivity index (χ1v) is 23.0. The summed E-state index contributed by atoms with van der Waals surface area (Å²) < 4.78 is 4.24. The molecule has 0 aliphatic heterocycles. The zero-order chi connectivity index (χ0) is 24.0. The van der Waals surface area contributed by atoms with Crippen molar-refractivity contribution in [3.8, 4) is 0 Å². The van der Waals surface area contributed by atoms with Crippen molar-refractivity contribution in [1.82, 2.24) is 0 Å². The second-order valence-corrected chi connectivity index (χ2v) is 26.6. The van der Waals surface area contributed by atoms with Gasteiger partial charge in [0.15, 0.2) is 0 Å². The number of hydrogen-bond donors (Lipinski definition) is 2. The number of halogens is 2. The van der Waals surface area contributed by atoms with Gasteiger partial charge < -0.3 is 5.48 Å². The van der Waals surface area contributed by atoms with E-state index in [0.29, 0.717) is 12.3 Å². The van der Waals surface area contributed by atoms with Crippen LogP contribution in [0, 0.1) is 0 Å². The Morgan fingerprint density at radius 3 is 1.66 bits per heavy atom. The van der Waals surface area contributed by atoms with Gasteiger partial charge in [0.05, 0.1) is 0 Å². The molecule has 0 unspecified atom stereocenters. The average molecular weight is 668 g/mol. The summed E-state index contributed by atoms with van der Waals surface area (Å²) in [4.78, 5) is 2.32. The van der Waals surface area contributed by atoms with Gasteiger partial charge in [-0.2, -0.15) is 0 Å². The van der Waals surface area contributed by atoms with Crippen molar-refractivity contribution in [2.75, 3.05) is 0 Å². The zero-order valence-corrected chi connectivity index (χ0v) is 26.7. The fourth-order valence-electron chi connectivity index (χ4n) is 7.95. The number of rotatable bonds is 8. The molecule has 1 aromatic carbocycles. The van der Waals surface area contributed by atoms with Gasteiger partial charge in [-0.15, -0.1) is 0 Å². The van der Waals surface area contributed by atoms with E-state index in [2.05, 4.69) is 17.3 Å². The number of hydrogen-bond acceptors (Lipinski definition) is 4. The Bertz CT molecular complexity index is 797. The predicted octanol–water partition coefficient (Wildman–Crippen LogP) is 8.30. The zero-order valence-electron chi connectivity index (χ0n) is 20.7. The molecule has 198 valence electrons. The molecule has 1 aromatic rings. The van der Waals surface area contributed by atoms with E-state index in [-0.39, 0.29) is 5.48 Å². The molecule has 3 fully saturated rings. The van der Waals surface area contributed by atoms with Crippen molar-refractivity contribution in [3.05, 3.63) is 17.7 Å². The van der Waals surface area contributed by atoms with Crippen LogP contribution in [0.1, 0.15) is 102 Å². The standard InChI is InChI=1S/C8H7Cl2N2OS2.3C6H11.H2O.Sn/c9-14-6-2-1-5(3-7(6)15-10)4-8(11)12-13;3*1-2-4-6-5-3-1;;/h1-2,13H,4H2,(H2,11,12);3*1H,2-6H2;1H2;.